The van der Waals surface area contributed by atoms with Gasteiger partial charge >= 0.3 is 0 Å². The normalized spacial score (nSPS) is 10.7. The molecule has 0 heterocycles. The van der Waals surface area contributed by atoms with E-state index in [1.807, 2.05) is 31.3 Å². The minimum absolute atomic E-state index is 0.468. The Morgan fingerprint density at radius 3 is 2.61 bits per heavy atom. The molecular weight excluding hydrogens is 331 g/mol. The molecule has 2 aromatic rings. The lowest BCUT2D eigenvalue weighted by Gasteiger charge is -2.10. The van der Waals surface area contributed by atoms with E-state index in [9.17, 15) is 0 Å². The molecule has 2 N–H and O–H groups in total. The second-order valence-corrected chi connectivity index (χ2v) is 6.13. The Labute approximate surface area is 147 Å². The van der Waals surface area contributed by atoms with Crippen molar-refractivity contribution in [3.05, 3.63) is 63.6 Å². The van der Waals surface area contributed by atoms with Crippen LogP contribution in [0.1, 0.15) is 17.5 Å². The molecule has 2 aromatic carbocycles. The van der Waals surface area contributed by atoms with E-state index in [1.165, 1.54) is 5.56 Å². The maximum Gasteiger partial charge on any atom is 0.120 e. The highest BCUT2D eigenvalue weighted by atomic mass is 35.5. The molecule has 0 spiro atoms. The van der Waals surface area contributed by atoms with Crippen LogP contribution >= 0.6 is 23.2 Å². The van der Waals surface area contributed by atoms with E-state index in [0.717, 1.165) is 37.4 Å². The van der Waals surface area contributed by atoms with E-state index in [4.69, 9.17) is 27.9 Å². The van der Waals surface area contributed by atoms with Crippen LogP contribution in [0.4, 0.5) is 0 Å². The molecule has 0 unspecified atom stereocenters. The van der Waals surface area contributed by atoms with Gasteiger partial charge in [0.25, 0.3) is 0 Å². The Balaban J connectivity index is 1.83. The van der Waals surface area contributed by atoms with Crippen LogP contribution in [-0.4, -0.2) is 20.1 Å². The Bertz CT molecular complexity index is 620. The molecule has 0 amide bonds. The highest BCUT2D eigenvalue weighted by molar-refractivity contribution is 6.42. The number of ether oxygens (including phenoxy) is 1. The summed E-state index contributed by atoms with van der Waals surface area (Å²) in [5.74, 6) is 0.852. The molecule has 0 aromatic heterocycles. The van der Waals surface area contributed by atoms with Crippen molar-refractivity contribution in [2.24, 2.45) is 0 Å². The average Bonchev–Trinajstić information content (AvgIpc) is 2.56. The first-order valence-electron chi connectivity index (χ1n) is 7.70. The molecule has 124 valence electrons. The number of hydrogen-bond acceptors (Lipinski definition) is 3. The van der Waals surface area contributed by atoms with Gasteiger partial charge in [0.1, 0.15) is 12.4 Å². The highest BCUT2D eigenvalue weighted by Crippen LogP contribution is 2.23. The van der Waals surface area contributed by atoms with E-state index in [0.29, 0.717) is 16.7 Å². The van der Waals surface area contributed by atoms with Crippen molar-refractivity contribution >= 4 is 23.2 Å². The van der Waals surface area contributed by atoms with Crippen LogP contribution < -0.4 is 15.4 Å². The van der Waals surface area contributed by atoms with E-state index in [1.54, 1.807) is 6.07 Å². The summed E-state index contributed by atoms with van der Waals surface area (Å²) in [6.45, 7) is 3.33. The predicted octanol–water partition coefficient (Wildman–Crippen LogP) is 4.27. The first-order valence-corrected chi connectivity index (χ1v) is 8.45. The monoisotopic (exact) mass is 352 g/mol. The maximum atomic E-state index is 6.01. The van der Waals surface area contributed by atoms with E-state index >= 15 is 0 Å². The molecule has 0 bridgehead atoms. The molecular formula is C18H22Cl2N2O. The zero-order chi connectivity index (χ0) is 16.5. The minimum Gasteiger partial charge on any atom is -0.489 e. The number of hydrogen-bond donors (Lipinski definition) is 2. The lowest BCUT2D eigenvalue weighted by Crippen LogP contribution is -2.19. The first-order chi connectivity index (χ1) is 11.2. The second-order valence-electron chi connectivity index (χ2n) is 5.32. The third-order valence-electron chi connectivity index (χ3n) is 3.40. The maximum absolute atomic E-state index is 6.01. The standard InChI is InChI=1S/C18H22Cl2N2O/c1-21-8-3-9-22-12-14-4-2-5-16(10-14)23-13-15-6-7-17(19)18(20)11-15/h2,4-7,10-11,21-22H,3,8-9,12-13H2,1H3. The molecule has 0 aliphatic rings. The Hall–Kier alpha value is -1.26. The van der Waals surface area contributed by atoms with Gasteiger partial charge in [0.05, 0.1) is 10.0 Å². The van der Waals surface area contributed by atoms with E-state index in [-0.39, 0.29) is 0 Å². The summed E-state index contributed by atoms with van der Waals surface area (Å²) >= 11 is 11.9. The van der Waals surface area contributed by atoms with Crippen molar-refractivity contribution in [3.8, 4) is 5.75 Å². The second kappa shape index (κ2) is 9.78. The number of halogens is 2. The van der Waals surface area contributed by atoms with Crippen molar-refractivity contribution < 1.29 is 4.74 Å². The minimum atomic E-state index is 0.468. The molecule has 2 rings (SSSR count). The summed E-state index contributed by atoms with van der Waals surface area (Å²) in [6, 6.07) is 13.7. The van der Waals surface area contributed by atoms with Gasteiger partial charge in [0.2, 0.25) is 0 Å². The molecule has 0 saturated carbocycles. The fourth-order valence-corrected chi connectivity index (χ4v) is 2.48. The highest BCUT2D eigenvalue weighted by Gasteiger charge is 2.02. The van der Waals surface area contributed by atoms with Gasteiger partial charge in [0.15, 0.2) is 0 Å². The van der Waals surface area contributed by atoms with Crippen LogP contribution in [0.3, 0.4) is 0 Å². The number of rotatable bonds is 9. The lowest BCUT2D eigenvalue weighted by molar-refractivity contribution is 0.306. The van der Waals surface area contributed by atoms with Crippen molar-refractivity contribution in [2.45, 2.75) is 19.6 Å². The van der Waals surface area contributed by atoms with Gasteiger partial charge in [0, 0.05) is 6.54 Å². The molecule has 0 fully saturated rings. The topological polar surface area (TPSA) is 33.3 Å². The molecule has 0 radical (unpaired) electrons. The molecule has 0 atom stereocenters. The van der Waals surface area contributed by atoms with Gasteiger partial charge in [-0.1, -0.05) is 41.4 Å². The molecule has 0 saturated heterocycles. The summed E-state index contributed by atoms with van der Waals surface area (Å²) in [5, 5.41) is 7.67. The Morgan fingerprint density at radius 1 is 0.957 bits per heavy atom. The van der Waals surface area contributed by atoms with E-state index < -0.39 is 0 Å². The number of nitrogens with one attached hydrogen (secondary N) is 2. The van der Waals surface area contributed by atoms with Crippen LogP contribution in [0, 0.1) is 0 Å². The molecule has 23 heavy (non-hydrogen) atoms. The Morgan fingerprint density at radius 2 is 1.83 bits per heavy atom. The average molecular weight is 353 g/mol. The fourth-order valence-electron chi connectivity index (χ4n) is 2.16. The van der Waals surface area contributed by atoms with Crippen molar-refractivity contribution in [2.75, 3.05) is 20.1 Å². The van der Waals surface area contributed by atoms with Gasteiger partial charge in [-0.2, -0.15) is 0 Å². The molecule has 3 nitrogen and oxygen atoms in total. The van der Waals surface area contributed by atoms with Crippen LogP contribution in [0.5, 0.6) is 5.75 Å². The quantitative estimate of drug-likeness (QED) is 0.661. The van der Waals surface area contributed by atoms with Gasteiger partial charge in [-0.3, -0.25) is 0 Å². The van der Waals surface area contributed by atoms with Crippen LogP contribution in [0.2, 0.25) is 10.0 Å². The van der Waals surface area contributed by atoms with Crippen LogP contribution in [-0.2, 0) is 13.2 Å². The van der Waals surface area contributed by atoms with E-state index in [2.05, 4.69) is 22.8 Å². The van der Waals surface area contributed by atoms with Crippen LogP contribution in [0.25, 0.3) is 0 Å². The fraction of sp³-hybridized carbons (Fsp3) is 0.333. The van der Waals surface area contributed by atoms with Gasteiger partial charge in [-0.25, -0.2) is 0 Å². The molecule has 0 aliphatic carbocycles. The van der Waals surface area contributed by atoms with Crippen molar-refractivity contribution in [1.82, 2.24) is 10.6 Å². The molecule has 0 aliphatic heterocycles. The summed E-state index contributed by atoms with van der Waals surface area (Å²) in [7, 11) is 1.97. The summed E-state index contributed by atoms with van der Waals surface area (Å²) in [5.41, 5.74) is 2.20. The Kier molecular flexibility index (Phi) is 7.69. The SMILES string of the molecule is CNCCCNCc1cccc(OCc2ccc(Cl)c(Cl)c2)c1. The zero-order valence-corrected chi connectivity index (χ0v) is 14.8. The third-order valence-corrected chi connectivity index (χ3v) is 4.14. The van der Waals surface area contributed by atoms with Gasteiger partial charge < -0.3 is 15.4 Å². The van der Waals surface area contributed by atoms with Gasteiger partial charge in [-0.15, -0.1) is 0 Å². The lowest BCUT2D eigenvalue weighted by atomic mass is 10.2. The zero-order valence-electron chi connectivity index (χ0n) is 13.2. The molecule has 5 heteroatoms. The first kappa shape index (κ1) is 18.1. The number of benzene rings is 2. The largest absolute Gasteiger partial charge is 0.489 e. The van der Waals surface area contributed by atoms with Crippen molar-refractivity contribution in [3.63, 3.8) is 0 Å². The van der Waals surface area contributed by atoms with Gasteiger partial charge in [-0.05, 0) is 62.0 Å². The smallest absolute Gasteiger partial charge is 0.120 e. The predicted molar refractivity (Wildman–Crippen MR) is 97.5 cm³/mol. The third kappa shape index (κ3) is 6.40. The summed E-state index contributed by atoms with van der Waals surface area (Å²) < 4.78 is 5.83. The summed E-state index contributed by atoms with van der Waals surface area (Å²) in [4.78, 5) is 0. The van der Waals surface area contributed by atoms with Crippen molar-refractivity contribution in [1.29, 1.82) is 0 Å². The summed E-state index contributed by atoms with van der Waals surface area (Å²) in [6.07, 6.45) is 1.12. The van der Waals surface area contributed by atoms with Crippen LogP contribution in [0.15, 0.2) is 42.5 Å².